The highest BCUT2D eigenvalue weighted by Gasteiger charge is 2.13. The van der Waals surface area contributed by atoms with Crippen LogP contribution in [0.5, 0.6) is 0 Å². The van der Waals surface area contributed by atoms with E-state index in [1.54, 1.807) is 0 Å². The molecule has 0 spiro atoms. The summed E-state index contributed by atoms with van der Waals surface area (Å²) in [7, 11) is 0. The Morgan fingerprint density at radius 1 is 1.10 bits per heavy atom. The molecule has 1 atom stereocenters. The Bertz CT molecular complexity index is 305. The minimum atomic E-state index is 0.133. The predicted molar refractivity (Wildman–Crippen MR) is 91.3 cm³/mol. The van der Waals surface area contributed by atoms with E-state index in [1.807, 2.05) is 13.0 Å². The van der Waals surface area contributed by atoms with Crippen LogP contribution < -0.4 is 0 Å². The van der Waals surface area contributed by atoms with Crippen LogP contribution in [-0.4, -0.2) is 12.4 Å². The van der Waals surface area contributed by atoms with Crippen LogP contribution in [0.1, 0.15) is 78.6 Å². The van der Waals surface area contributed by atoms with Crippen LogP contribution in [0, 0.1) is 5.92 Å². The molecule has 0 aromatic rings. The number of hydrogen-bond acceptors (Lipinski definition) is 2. The number of ether oxygens (including phenoxy) is 1. The third-order valence-electron chi connectivity index (χ3n) is 3.89. The second-order valence-electron chi connectivity index (χ2n) is 5.72. The molecule has 2 heteroatoms. The zero-order chi connectivity index (χ0) is 15.9. The van der Waals surface area contributed by atoms with Crippen LogP contribution >= 0.6 is 0 Å². The third-order valence-corrected chi connectivity index (χ3v) is 3.89. The van der Waals surface area contributed by atoms with E-state index in [0.717, 1.165) is 31.6 Å². The van der Waals surface area contributed by atoms with Gasteiger partial charge in [-0.1, -0.05) is 59.0 Å². The van der Waals surface area contributed by atoms with Gasteiger partial charge < -0.3 is 4.74 Å². The maximum Gasteiger partial charge on any atom is 0.155 e. The zero-order valence-electron chi connectivity index (χ0n) is 14.3. The molecule has 0 aliphatic heterocycles. The first-order valence-corrected chi connectivity index (χ1v) is 8.61. The van der Waals surface area contributed by atoms with Crippen LogP contribution in [0.4, 0.5) is 0 Å². The normalized spacial score (nSPS) is 13.0. The van der Waals surface area contributed by atoms with Gasteiger partial charge in [0.25, 0.3) is 0 Å². The van der Waals surface area contributed by atoms with E-state index in [2.05, 4.69) is 20.4 Å². The van der Waals surface area contributed by atoms with Gasteiger partial charge in [0.15, 0.2) is 5.78 Å². The zero-order valence-corrected chi connectivity index (χ0v) is 14.3. The molecule has 0 aromatic carbocycles. The van der Waals surface area contributed by atoms with E-state index in [4.69, 9.17) is 4.74 Å². The molecule has 2 nitrogen and oxygen atoms in total. The van der Waals surface area contributed by atoms with Crippen molar-refractivity contribution < 1.29 is 9.53 Å². The maximum absolute atomic E-state index is 11.5. The van der Waals surface area contributed by atoms with E-state index in [0.29, 0.717) is 12.3 Å². The molecule has 0 saturated carbocycles. The van der Waals surface area contributed by atoms with Crippen LogP contribution in [0.3, 0.4) is 0 Å². The van der Waals surface area contributed by atoms with Gasteiger partial charge in [-0.15, -0.1) is 0 Å². The van der Waals surface area contributed by atoms with Crippen LogP contribution in [-0.2, 0) is 9.53 Å². The van der Waals surface area contributed by atoms with Crippen LogP contribution in [0.25, 0.3) is 0 Å². The van der Waals surface area contributed by atoms with Crippen LogP contribution in [0.15, 0.2) is 24.5 Å². The topological polar surface area (TPSA) is 26.3 Å². The Morgan fingerprint density at radius 2 is 1.76 bits per heavy atom. The van der Waals surface area contributed by atoms with Gasteiger partial charge in [-0.2, -0.15) is 0 Å². The van der Waals surface area contributed by atoms with Gasteiger partial charge in [-0.05, 0) is 31.4 Å². The largest absolute Gasteiger partial charge is 0.498 e. The number of allylic oxidation sites excluding steroid dienone is 3. The van der Waals surface area contributed by atoms with Gasteiger partial charge >= 0.3 is 0 Å². The highest BCUT2D eigenvalue weighted by atomic mass is 16.5. The summed E-state index contributed by atoms with van der Waals surface area (Å²) in [5, 5.41) is 0. The van der Waals surface area contributed by atoms with E-state index < -0.39 is 0 Å². The first-order chi connectivity index (χ1) is 10.2. The number of unbranched alkanes of at least 4 members (excludes halogenated alkanes) is 5. The first kappa shape index (κ1) is 19.9. The Hall–Kier alpha value is -1.05. The van der Waals surface area contributed by atoms with E-state index in [1.165, 1.54) is 38.2 Å². The fourth-order valence-corrected chi connectivity index (χ4v) is 2.36. The van der Waals surface area contributed by atoms with Crippen molar-refractivity contribution in [1.82, 2.24) is 0 Å². The second kappa shape index (κ2) is 13.9. The Morgan fingerprint density at radius 3 is 2.33 bits per heavy atom. The molecule has 0 aliphatic rings. The lowest BCUT2D eigenvalue weighted by molar-refractivity contribution is -0.115. The average molecular weight is 294 g/mol. The number of carbonyl (C=O) groups excluding carboxylic acids is 1. The molecule has 0 aliphatic carbocycles. The fourth-order valence-electron chi connectivity index (χ4n) is 2.36. The monoisotopic (exact) mass is 294 g/mol. The molecular formula is C19H34O2. The summed E-state index contributed by atoms with van der Waals surface area (Å²) in [6.07, 6.45) is 13.6. The molecule has 0 aromatic heterocycles. The fraction of sp³-hybridized carbons (Fsp3) is 0.737. The summed E-state index contributed by atoms with van der Waals surface area (Å²) in [4.78, 5) is 11.5. The van der Waals surface area contributed by atoms with Crippen LogP contribution in [0.2, 0.25) is 0 Å². The summed E-state index contributed by atoms with van der Waals surface area (Å²) in [6, 6.07) is 0. The molecule has 0 N–H and O–H groups in total. The number of rotatable bonds is 14. The Labute approximate surface area is 131 Å². The lowest BCUT2D eigenvalue weighted by atomic mass is 9.95. The Kier molecular flexibility index (Phi) is 13.2. The van der Waals surface area contributed by atoms with E-state index in [-0.39, 0.29) is 5.78 Å². The quantitative estimate of drug-likeness (QED) is 0.229. The van der Waals surface area contributed by atoms with Crippen molar-refractivity contribution in [3.05, 3.63) is 24.5 Å². The van der Waals surface area contributed by atoms with Gasteiger partial charge in [0.2, 0.25) is 0 Å². The highest BCUT2D eigenvalue weighted by molar-refractivity contribution is 5.89. The molecule has 1 unspecified atom stereocenters. The van der Waals surface area contributed by atoms with Crippen molar-refractivity contribution in [3.63, 3.8) is 0 Å². The third kappa shape index (κ3) is 11.3. The molecule has 0 bridgehead atoms. The molecule has 0 saturated heterocycles. The summed E-state index contributed by atoms with van der Waals surface area (Å²) in [6.45, 7) is 10.7. The molecule has 0 radical (unpaired) electrons. The van der Waals surface area contributed by atoms with Crippen molar-refractivity contribution in [1.29, 1.82) is 0 Å². The molecule has 0 heterocycles. The second-order valence-corrected chi connectivity index (χ2v) is 5.72. The lowest BCUT2D eigenvalue weighted by Gasteiger charge is -2.16. The molecule has 21 heavy (non-hydrogen) atoms. The molecule has 0 fully saturated rings. The average Bonchev–Trinajstić information content (AvgIpc) is 2.51. The summed E-state index contributed by atoms with van der Waals surface area (Å²) in [5.74, 6) is 1.53. The predicted octanol–water partition coefficient (Wildman–Crippen LogP) is 5.83. The number of ketones is 1. The van der Waals surface area contributed by atoms with Gasteiger partial charge in [-0.25, -0.2) is 0 Å². The minimum Gasteiger partial charge on any atom is -0.498 e. The molecular weight excluding hydrogens is 260 g/mol. The standard InChI is InChI=1S/C19H34O2/c1-5-9-10-11-12-13-14-21-19(8-4)16-17(6-2)15-18(20)7-3/h7-8,17H,3,5-6,9-16H2,1-2,4H3/b19-8-. The lowest BCUT2D eigenvalue weighted by Crippen LogP contribution is -2.08. The van der Waals surface area contributed by atoms with Gasteiger partial charge in [0, 0.05) is 12.8 Å². The Balaban J connectivity index is 3.88. The van der Waals surface area contributed by atoms with Crippen molar-refractivity contribution in [2.45, 2.75) is 78.6 Å². The highest BCUT2D eigenvalue weighted by Crippen LogP contribution is 2.20. The first-order valence-electron chi connectivity index (χ1n) is 8.61. The number of hydrogen-bond donors (Lipinski definition) is 0. The van der Waals surface area contributed by atoms with Crippen molar-refractivity contribution in [2.24, 2.45) is 5.92 Å². The number of carbonyl (C=O) groups is 1. The van der Waals surface area contributed by atoms with Gasteiger partial charge in [-0.3, -0.25) is 4.79 Å². The summed E-state index contributed by atoms with van der Waals surface area (Å²) >= 11 is 0. The SMILES string of the molecule is C=CC(=O)CC(CC)C/C(=C/C)OCCCCCCCC. The summed E-state index contributed by atoms with van der Waals surface area (Å²) in [5.41, 5.74) is 0. The molecule has 122 valence electrons. The smallest absolute Gasteiger partial charge is 0.155 e. The minimum absolute atomic E-state index is 0.133. The van der Waals surface area contributed by atoms with Crippen molar-refractivity contribution >= 4 is 5.78 Å². The molecule has 0 amide bonds. The van der Waals surface area contributed by atoms with Crippen molar-refractivity contribution in [2.75, 3.05) is 6.61 Å². The van der Waals surface area contributed by atoms with Gasteiger partial charge in [0.05, 0.1) is 12.4 Å². The van der Waals surface area contributed by atoms with E-state index in [9.17, 15) is 4.79 Å². The molecule has 0 rings (SSSR count). The van der Waals surface area contributed by atoms with Crippen molar-refractivity contribution in [3.8, 4) is 0 Å². The summed E-state index contributed by atoms with van der Waals surface area (Å²) < 4.78 is 5.87. The maximum atomic E-state index is 11.5. The van der Waals surface area contributed by atoms with E-state index >= 15 is 0 Å². The van der Waals surface area contributed by atoms with Gasteiger partial charge in [0.1, 0.15) is 0 Å².